The fourth-order valence-electron chi connectivity index (χ4n) is 3.22. The van der Waals surface area contributed by atoms with Gasteiger partial charge in [0.05, 0.1) is 20.0 Å². The lowest BCUT2D eigenvalue weighted by atomic mass is 10.0. The van der Waals surface area contributed by atoms with Gasteiger partial charge in [-0.1, -0.05) is 30.3 Å². The second-order valence-electron chi connectivity index (χ2n) is 7.80. The molecule has 2 aromatic carbocycles. The van der Waals surface area contributed by atoms with Crippen molar-refractivity contribution in [2.24, 2.45) is 0 Å². The van der Waals surface area contributed by atoms with Crippen molar-refractivity contribution in [3.63, 3.8) is 0 Å². The summed E-state index contributed by atoms with van der Waals surface area (Å²) in [6.07, 6.45) is 0.127. The van der Waals surface area contributed by atoms with Gasteiger partial charge in [-0.3, -0.25) is 14.9 Å². The van der Waals surface area contributed by atoms with Crippen molar-refractivity contribution < 1.29 is 28.7 Å². The molecular formula is C24H30N2O7. The molecule has 9 heteroatoms. The number of carbonyl (C=O) groups excluding carboxylic acids is 2. The minimum absolute atomic E-state index is 0.114. The lowest BCUT2D eigenvalue weighted by Crippen LogP contribution is -2.35. The summed E-state index contributed by atoms with van der Waals surface area (Å²) in [5.74, 6) is -0.377. The minimum atomic E-state index is -1.21. The van der Waals surface area contributed by atoms with E-state index in [4.69, 9.17) is 14.2 Å². The molecule has 0 fully saturated rings. The Balaban J connectivity index is 1.97. The second kappa shape index (κ2) is 13.2. The van der Waals surface area contributed by atoms with E-state index >= 15 is 0 Å². The van der Waals surface area contributed by atoms with Gasteiger partial charge in [0, 0.05) is 6.54 Å². The fraction of sp³-hybridized carbons (Fsp3) is 0.417. The summed E-state index contributed by atoms with van der Waals surface area (Å²) in [6, 6.07) is 15.6. The third kappa shape index (κ3) is 9.28. The number of para-hydroxylation sites is 1. The number of hydrogen-bond donors (Lipinski definition) is 0. The van der Waals surface area contributed by atoms with Crippen LogP contribution in [0.1, 0.15) is 24.0 Å². The summed E-state index contributed by atoms with van der Waals surface area (Å²) in [7, 11) is 5.30. The van der Waals surface area contributed by atoms with E-state index in [1.54, 1.807) is 7.11 Å². The van der Waals surface area contributed by atoms with Gasteiger partial charge in [-0.25, -0.2) is 4.79 Å². The highest BCUT2D eigenvalue weighted by Gasteiger charge is 2.21. The Labute approximate surface area is 193 Å². The molecule has 0 N–H and O–H groups in total. The zero-order chi connectivity index (χ0) is 24.2. The van der Waals surface area contributed by atoms with Crippen molar-refractivity contribution in [1.29, 1.82) is 0 Å². The number of rotatable bonds is 13. The summed E-state index contributed by atoms with van der Waals surface area (Å²) in [4.78, 5) is 34.4. The molecule has 0 saturated heterocycles. The molecule has 1 atom stereocenters. The van der Waals surface area contributed by atoms with E-state index in [2.05, 4.69) is 0 Å². The van der Waals surface area contributed by atoms with Crippen LogP contribution in [0, 0.1) is 10.1 Å². The van der Waals surface area contributed by atoms with Gasteiger partial charge >= 0.3 is 11.9 Å². The zero-order valence-corrected chi connectivity index (χ0v) is 19.2. The number of likely N-dealkylation sites (N-methyl/N-ethyl adjacent to an activating group) is 1. The summed E-state index contributed by atoms with van der Waals surface area (Å²) in [5.41, 5.74) is 2.17. The van der Waals surface area contributed by atoms with E-state index < -0.39 is 29.3 Å². The van der Waals surface area contributed by atoms with Crippen molar-refractivity contribution in [2.75, 3.05) is 34.4 Å². The van der Waals surface area contributed by atoms with Crippen LogP contribution in [0.25, 0.3) is 0 Å². The van der Waals surface area contributed by atoms with Crippen LogP contribution in [0.3, 0.4) is 0 Å². The maximum atomic E-state index is 12.1. The van der Waals surface area contributed by atoms with Gasteiger partial charge in [0.25, 0.3) is 0 Å². The molecule has 33 heavy (non-hydrogen) atoms. The maximum Gasteiger partial charge on any atom is 0.445 e. The van der Waals surface area contributed by atoms with Crippen LogP contribution in [0.5, 0.6) is 11.5 Å². The first kappa shape index (κ1) is 25.8. The molecule has 0 bridgehead atoms. The van der Waals surface area contributed by atoms with Crippen molar-refractivity contribution in [2.45, 2.75) is 31.8 Å². The monoisotopic (exact) mass is 458 g/mol. The number of benzene rings is 2. The van der Waals surface area contributed by atoms with Gasteiger partial charge in [-0.2, -0.15) is 0 Å². The van der Waals surface area contributed by atoms with Crippen molar-refractivity contribution >= 4 is 11.9 Å². The number of nitrogens with zero attached hydrogens (tertiary/aromatic N) is 2. The summed E-state index contributed by atoms with van der Waals surface area (Å²) in [6.45, 7) is 0.518. The molecule has 178 valence electrons. The normalized spacial score (nSPS) is 11.6. The molecule has 9 nitrogen and oxygen atoms in total. The first-order valence-electron chi connectivity index (χ1n) is 10.6. The van der Waals surface area contributed by atoms with Crippen LogP contribution in [0.4, 0.5) is 0 Å². The van der Waals surface area contributed by atoms with E-state index in [0.717, 1.165) is 29.7 Å². The molecule has 0 saturated carbocycles. The van der Waals surface area contributed by atoms with Gasteiger partial charge in [0.1, 0.15) is 29.1 Å². The Kier molecular flexibility index (Phi) is 10.3. The topological polar surface area (TPSA) is 108 Å². The highest BCUT2D eigenvalue weighted by Crippen LogP contribution is 2.22. The maximum absolute atomic E-state index is 12.1. The lowest BCUT2D eigenvalue weighted by molar-refractivity contribution is -0.402. The van der Waals surface area contributed by atoms with Gasteiger partial charge < -0.3 is 19.1 Å². The molecule has 0 aromatic heterocycles. The Morgan fingerprint density at radius 2 is 1.82 bits per heavy atom. The van der Waals surface area contributed by atoms with E-state index in [0.29, 0.717) is 12.3 Å². The quantitative estimate of drug-likeness (QED) is 0.256. The predicted octanol–water partition coefficient (Wildman–Crippen LogP) is 2.92. The molecule has 0 aliphatic carbocycles. The number of ether oxygens (including phenoxy) is 3. The Morgan fingerprint density at radius 3 is 2.52 bits per heavy atom. The largest absolute Gasteiger partial charge is 0.497 e. The summed E-state index contributed by atoms with van der Waals surface area (Å²) < 4.78 is 16.7. The third-order valence-corrected chi connectivity index (χ3v) is 4.83. The average molecular weight is 459 g/mol. The van der Waals surface area contributed by atoms with Crippen LogP contribution >= 0.6 is 0 Å². The number of hydrogen-bond acceptors (Lipinski definition) is 8. The van der Waals surface area contributed by atoms with Gasteiger partial charge in [0.2, 0.25) is 0 Å². The van der Waals surface area contributed by atoms with E-state index in [1.165, 1.54) is 0 Å². The molecule has 0 aliphatic heterocycles. The van der Waals surface area contributed by atoms with Gasteiger partial charge in [-0.15, -0.1) is 0 Å². The first-order valence-corrected chi connectivity index (χ1v) is 10.6. The van der Waals surface area contributed by atoms with E-state index in [1.807, 2.05) is 67.5 Å². The van der Waals surface area contributed by atoms with Crippen LogP contribution in [0.15, 0.2) is 48.5 Å². The Bertz CT molecular complexity index is 946. The number of carbonyl (C=O) groups is 2. The number of methoxy groups -OCH3 is 1. The Hall–Kier alpha value is -3.46. The number of aryl methyl sites for hydroxylation is 2. The second-order valence-corrected chi connectivity index (χ2v) is 7.80. The molecular weight excluding hydrogens is 428 g/mol. The smallest absolute Gasteiger partial charge is 0.445 e. The van der Waals surface area contributed by atoms with Crippen LogP contribution in [-0.2, 0) is 27.2 Å². The predicted molar refractivity (Wildman–Crippen MR) is 122 cm³/mol. The van der Waals surface area contributed by atoms with Crippen LogP contribution in [-0.4, -0.2) is 62.2 Å². The fourth-order valence-corrected chi connectivity index (χ4v) is 3.22. The highest BCUT2D eigenvalue weighted by atomic mass is 16.6. The summed E-state index contributed by atoms with van der Waals surface area (Å²) >= 11 is 0. The first-order chi connectivity index (χ1) is 15.8. The number of nitro groups is 1. The summed E-state index contributed by atoms with van der Waals surface area (Å²) in [5, 5.41) is 10.4. The average Bonchev–Trinajstić information content (AvgIpc) is 2.79. The zero-order valence-electron chi connectivity index (χ0n) is 19.2. The van der Waals surface area contributed by atoms with E-state index in [9.17, 15) is 19.7 Å². The van der Waals surface area contributed by atoms with Crippen LogP contribution < -0.4 is 9.47 Å². The molecule has 1 unspecified atom stereocenters. The molecule has 2 aromatic rings. The minimum Gasteiger partial charge on any atom is -0.497 e. The Morgan fingerprint density at radius 1 is 1.06 bits per heavy atom. The van der Waals surface area contributed by atoms with Crippen LogP contribution in [0.2, 0.25) is 0 Å². The molecule has 0 heterocycles. The third-order valence-electron chi connectivity index (χ3n) is 4.83. The lowest BCUT2D eigenvalue weighted by Gasteiger charge is -2.22. The van der Waals surface area contributed by atoms with Gasteiger partial charge in [0.15, 0.2) is 0 Å². The molecule has 0 radical (unpaired) electrons. The standard InChI is InChI=1S/C24H30N2O7/c1-25(2)16-21(33-24(28)14-13-23(27)26(29)30)17-32-22-10-5-4-8-19(22)12-11-18-7-6-9-20(15-18)31-3/h4-10,15,21H,11-14,16-17H2,1-3H3. The SMILES string of the molecule is COc1cccc(CCc2ccccc2OCC(CN(C)C)OC(=O)CCC(=O)[N+](=O)[O-])c1. The number of esters is 1. The van der Waals surface area contributed by atoms with E-state index in [-0.39, 0.29) is 13.0 Å². The molecule has 1 amide bonds. The highest BCUT2D eigenvalue weighted by molar-refractivity contribution is 5.76. The number of amides is 1. The van der Waals surface area contributed by atoms with Crippen molar-refractivity contribution in [3.05, 3.63) is 69.8 Å². The van der Waals surface area contributed by atoms with Crippen molar-refractivity contribution in [1.82, 2.24) is 4.90 Å². The molecule has 0 aliphatic rings. The molecule has 0 spiro atoms. The van der Waals surface area contributed by atoms with Crippen molar-refractivity contribution in [3.8, 4) is 11.5 Å². The van der Waals surface area contributed by atoms with Gasteiger partial charge in [-0.05, 0) is 56.3 Å². The molecule has 2 rings (SSSR count).